The summed E-state index contributed by atoms with van der Waals surface area (Å²) < 4.78 is 0. The molecule has 0 bridgehead atoms. The molecule has 0 aromatic carbocycles. The van der Waals surface area contributed by atoms with Gasteiger partial charge < -0.3 is 26.4 Å². The molecule has 1 aliphatic heterocycles. The molecule has 28 heavy (non-hydrogen) atoms. The summed E-state index contributed by atoms with van der Waals surface area (Å²) in [6.07, 6.45) is 12.4. The molecule has 7 heteroatoms. The van der Waals surface area contributed by atoms with Crippen LogP contribution in [0.5, 0.6) is 0 Å². The Hall–Kier alpha value is -1.18. The molecule has 1 aliphatic rings. The van der Waals surface area contributed by atoms with Crippen LogP contribution in [-0.2, 0) is 9.59 Å². The second-order valence-corrected chi connectivity index (χ2v) is 7.96. The Balaban J connectivity index is 1.78. The van der Waals surface area contributed by atoms with E-state index in [9.17, 15) is 9.59 Å². The third-order valence-corrected chi connectivity index (χ3v) is 5.42. The molecule has 0 saturated carbocycles. The van der Waals surface area contributed by atoms with E-state index < -0.39 is 12.0 Å². The van der Waals surface area contributed by atoms with Gasteiger partial charge in [-0.3, -0.25) is 9.59 Å². The van der Waals surface area contributed by atoms with Crippen LogP contribution in [-0.4, -0.2) is 67.2 Å². The fourth-order valence-corrected chi connectivity index (χ4v) is 3.55. The van der Waals surface area contributed by atoms with Gasteiger partial charge in [0.2, 0.25) is 5.91 Å². The molecule has 0 spiro atoms. The summed E-state index contributed by atoms with van der Waals surface area (Å²) in [5.41, 5.74) is 5.44. The highest BCUT2D eigenvalue weighted by Crippen LogP contribution is 2.10. The standard InChI is InChI=1S/C21H42N4O3/c22-19(21(27)28)11-8-9-13-24-20(26)12-7-5-3-1-2-4-6-10-16-25-17-14-23-15-18-25/h19,23H,1-18,22H2,(H,24,26)(H,27,28)/t19-/m0/s1. The number of carboxylic acids is 1. The van der Waals surface area contributed by atoms with Crippen LogP contribution >= 0.6 is 0 Å². The van der Waals surface area contributed by atoms with E-state index in [1.807, 2.05) is 0 Å². The van der Waals surface area contributed by atoms with Crippen molar-refractivity contribution in [1.82, 2.24) is 15.5 Å². The van der Waals surface area contributed by atoms with Crippen molar-refractivity contribution >= 4 is 11.9 Å². The zero-order chi connectivity index (χ0) is 20.5. The molecule has 164 valence electrons. The van der Waals surface area contributed by atoms with E-state index in [0.29, 0.717) is 19.4 Å². The van der Waals surface area contributed by atoms with Crippen LogP contribution < -0.4 is 16.4 Å². The zero-order valence-corrected chi connectivity index (χ0v) is 17.6. The van der Waals surface area contributed by atoms with Crippen LogP contribution in [0.3, 0.4) is 0 Å². The minimum atomic E-state index is -0.959. The van der Waals surface area contributed by atoms with Gasteiger partial charge in [0.25, 0.3) is 0 Å². The molecule has 5 N–H and O–H groups in total. The molecule has 7 nitrogen and oxygen atoms in total. The van der Waals surface area contributed by atoms with Crippen LogP contribution in [0.4, 0.5) is 0 Å². The predicted octanol–water partition coefficient (Wildman–Crippen LogP) is 2.10. The first-order valence-corrected chi connectivity index (χ1v) is 11.3. The topological polar surface area (TPSA) is 108 Å². The number of nitrogens with two attached hydrogens (primary N) is 1. The Bertz CT molecular complexity index is 414. The predicted molar refractivity (Wildman–Crippen MR) is 113 cm³/mol. The lowest BCUT2D eigenvalue weighted by Gasteiger charge is -2.27. The number of hydrogen-bond acceptors (Lipinski definition) is 5. The molecule has 0 radical (unpaired) electrons. The monoisotopic (exact) mass is 398 g/mol. The molecular formula is C21H42N4O3. The van der Waals surface area contributed by atoms with Gasteiger partial charge in [-0.25, -0.2) is 0 Å². The molecule has 0 aliphatic carbocycles. The maximum atomic E-state index is 11.7. The zero-order valence-electron chi connectivity index (χ0n) is 17.6. The second kappa shape index (κ2) is 16.7. The van der Waals surface area contributed by atoms with E-state index in [4.69, 9.17) is 10.8 Å². The van der Waals surface area contributed by atoms with Crippen molar-refractivity contribution < 1.29 is 14.7 Å². The third kappa shape index (κ3) is 13.9. The number of amides is 1. The quantitative estimate of drug-likeness (QED) is 0.280. The van der Waals surface area contributed by atoms with Gasteiger partial charge in [0.05, 0.1) is 0 Å². The number of nitrogens with zero attached hydrogens (tertiary/aromatic N) is 1. The average Bonchev–Trinajstić information content (AvgIpc) is 2.69. The Kier molecular flexibility index (Phi) is 14.9. The summed E-state index contributed by atoms with van der Waals surface area (Å²) in [6.45, 7) is 6.54. The molecule has 1 atom stereocenters. The first kappa shape index (κ1) is 24.9. The molecule has 0 aromatic rings. The van der Waals surface area contributed by atoms with Crippen molar-refractivity contribution in [3.63, 3.8) is 0 Å². The third-order valence-electron chi connectivity index (χ3n) is 5.42. The summed E-state index contributed by atoms with van der Waals surface area (Å²) in [4.78, 5) is 24.9. The van der Waals surface area contributed by atoms with Gasteiger partial charge >= 0.3 is 5.97 Å². The SMILES string of the molecule is N[C@@H](CCCCNC(=O)CCCCCCCCCCN1CCNCC1)C(=O)O. The van der Waals surface area contributed by atoms with Crippen molar-refractivity contribution in [2.24, 2.45) is 5.73 Å². The van der Waals surface area contributed by atoms with Gasteiger partial charge in [-0.05, 0) is 38.6 Å². The van der Waals surface area contributed by atoms with Crippen LogP contribution in [0, 0.1) is 0 Å². The number of carbonyl (C=O) groups is 2. The Labute approximate surface area is 170 Å². The minimum absolute atomic E-state index is 0.107. The van der Waals surface area contributed by atoms with Crippen molar-refractivity contribution in [2.75, 3.05) is 39.3 Å². The number of unbranched alkanes of at least 4 members (excludes halogenated alkanes) is 8. The lowest BCUT2D eigenvalue weighted by Crippen LogP contribution is -2.43. The number of piperazine rings is 1. The molecule has 1 fully saturated rings. The Morgan fingerprint density at radius 3 is 2.18 bits per heavy atom. The van der Waals surface area contributed by atoms with Crippen molar-refractivity contribution in [1.29, 1.82) is 0 Å². The van der Waals surface area contributed by atoms with Crippen LogP contribution in [0.25, 0.3) is 0 Å². The van der Waals surface area contributed by atoms with Gasteiger partial charge in [-0.15, -0.1) is 0 Å². The highest BCUT2D eigenvalue weighted by atomic mass is 16.4. The maximum absolute atomic E-state index is 11.7. The van der Waals surface area contributed by atoms with E-state index in [1.165, 1.54) is 58.2 Å². The van der Waals surface area contributed by atoms with Gasteiger partial charge in [0, 0.05) is 39.1 Å². The van der Waals surface area contributed by atoms with Crippen LogP contribution in [0.15, 0.2) is 0 Å². The van der Waals surface area contributed by atoms with E-state index >= 15 is 0 Å². The lowest BCUT2D eigenvalue weighted by molar-refractivity contribution is -0.138. The van der Waals surface area contributed by atoms with E-state index in [1.54, 1.807) is 0 Å². The highest BCUT2D eigenvalue weighted by Gasteiger charge is 2.10. The number of carboxylic acid groups (broad SMARTS) is 1. The lowest BCUT2D eigenvalue weighted by atomic mass is 10.1. The largest absolute Gasteiger partial charge is 0.480 e. The molecule has 0 unspecified atom stereocenters. The maximum Gasteiger partial charge on any atom is 0.320 e. The van der Waals surface area contributed by atoms with Crippen LogP contribution in [0.1, 0.15) is 77.0 Å². The molecule has 1 rings (SSSR count). The second-order valence-electron chi connectivity index (χ2n) is 7.96. The first-order valence-electron chi connectivity index (χ1n) is 11.3. The summed E-state index contributed by atoms with van der Waals surface area (Å²) in [5, 5.41) is 15.0. The van der Waals surface area contributed by atoms with E-state index in [0.717, 1.165) is 38.8 Å². The number of hydrogen-bond donors (Lipinski definition) is 4. The van der Waals surface area contributed by atoms with Gasteiger partial charge in [0.15, 0.2) is 0 Å². The Morgan fingerprint density at radius 2 is 1.54 bits per heavy atom. The first-order chi connectivity index (χ1) is 13.6. The van der Waals surface area contributed by atoms with Gasteiger partial charge in [0.1, 0.15) is 6.04 Å². The van der Waals surface area contributed by atoms with Crippen LogP contribution in [0.2, 0.25) is 0 Å². The number of nitrogens with one attached hydrogen (secondary N) is 2. The summed E-state index contributed by atoms with van der Waals surface area (Å²) in [6, 6.07) is -0.789. The smallest absolute Gasteiger partial charge is 0.320 e. The van der Waals surface area contributed by atoms with Crippen molar-refractivity contribution in [2.45, 2.75) is 83.1 Å². The van der Waals surface area contributed by atoms with E-state index in [2.05, 4.69) is 15.5 Å². The molecular weight excluding hydrogens is 356 g/mol. The summed E-state index contributed by atoms with van der Waals surface area (Å²) in [7, 11) is 0. The van der Waals surface area contributed by atoms with Crippen molar-refractivity contribution in [3.8, 4) is 0 Å². The van der Waals surface area contributed by atoms with Gasteiger partial charge in [-0.1, -0.05) is 38.5 Å². The summed E-state index contributed by atoms with van der Waals surface area (Å²) in [5.74, 6) is -0.852. The molecule has 0 aromatic heterocycles. The molecule has 1 saturated heterocycles. The molecule has 1 heterocycles. The van der Waals surface area contributed by atoms with E-state index in [-0.39, 0.29) is 5.91 Å². The number of rotatable bonds is 17. The fraction of sp³-hybridized carbons (Fsp3) is 0.905. The fourth-order valence-electron chi connectivity index (χ4n) is 3.55. The van der Waals surface area contributed by atoms with Gasteiger partial charge in [-0.2, -0.15) is 0 Å². The van der Waals surface area contributed by atoms with Crippen molar-refractivity contribution in [3.05, 3.63) is 0 Å². The molecule has 1 amide bonds. The summed E-state index contributed by atoms with van der Waals surface area (Å²) >= 11 is 0. The highest BCUT2D eigenvalue weighted by molar-refractivity contribution is 5.75. The number of aliphatic carboxylic acids is 1. The Morgan fingerprint density at radius 1 is 0.929 bits per heavy atom. The number of carbonyl (C=O) groups excluding carboxylic acids is 1. The minimum Gasteiger partial charge on any atom is -0.480 e. The average molecular weight is 399 g/mol. The normalized spacial score (nSPS) is 16.0.